The van der Waals surface area contributed by atoms with E-state index in [1.807, 2.05) is 0 Å². The third-order valence-electron chi connectivity index (χ3n) is 4.55. The summed E-state index contributed by atoms with van der Waals surface area (Å²) < 4.78 is 0. The lowest BCUT2D eigenvalue weighted by atomic mass is 9.77. The van der Waals surface area contributed by atoms with Gasteiger partial charge in [-0.3, -0.25) is 0 Å². The molecule has 68 valence electrons. The largest absolute Gasteiger partial charge is 0.303 e. The molecule has 1 saturated heterocycles. The summed E-state index contributed by atoms with van der Waals surface area (Å²) >= 11 is 0. The molecule has 0 aromatic carbocycles. The fourth-order valence-electron chi connectivity index (χ4n) is 4.12. The van der Waals surface area contributed by atoms with Crippen LogP contribution in [0, 0.1) is 17.8 Å². The van der Waals surface area contributed by atoms with E-state index in [0.717, 1.165) is 23.8 Å². The first-order valence-corrected chi connectivity index (χ1v) is 5.55. The summed E-state index contributed by atoms with van der Waals surface area (Å²) in [6.07, 6.45) is 7.70. The van der Waals surface area contributed by atoms with Crippen molar-refractivity contribution in [3.8, 4) is 0 Å². The van der Waals surface area contributed by atoms with Crippen LogP contribution in [0.3, 0.4) is 0 Å². The van der Waals surface area contributed by atoms with Crippen molar-refractivity contribution in [2.45, 2.75) is 38.1 Å². The van der Waals surface area contributed by atoms with Crippen LogP contribution in [-0.2, 0) is 0 Å². The number of fused-ring (bicyclic) bond motifs is 4. The molecule has 0 N–H and O–H groups in total. The van der Waals surface area contributed by atoms with E-state index in [-0.39, 0.29) is 0 Å². The molecule has 0 radical (unpaired) electrons. The van der Waals surface area contributed by atoms with Crippen LogP contribution in [-0.4, -0.2) is 24.5 Å². The monoisotopic (exact) mass is 165 g/mol. The molecule has 3 fully saturated rings. The summed E-state index contributed by atoms with van der Waals surface area (Å²) in [5, 5.41) is 0. The molecule has 0 amide bonds. The fourth-order valence-corrected chi connectivity index (χ4v) is 4.12. The van der Waals surface area contributed by atoms with Gasteiger partial charge in [0, 0.05) is 6.04 Å². The summed E-state index contributed by atoms with van der Waals surface area (Å²) in [4.78, 5) is 2.64. The molecule has 2 aliphatic carbocycles. The Morgan fingerprint density at radius 1 is 1.00 bits per heavy atom. The van der Waals surface area contributed by atoms with Crippen molar-refractivity contribution in [2.24, 2.45) is 17.8 Å². The van der Waals surface area contributed by atoms with E-state index >= 15 is 0 Å². The minimum atomic E-state index is 0.990. The highest BCUT2D eigenvalue weighted by molar-refractivity contribution is 4.99. The molecule has 3 aliphatic rings. The van der Waals surface area contributed by atoms with Crippen LogP contribution in [0.1, 0.15) is 32.1 Å². The molecule has 2 bridgehead atoms. The van der Waals surface area contributed by atoms with Gasteiger partial charge in [-0.15, -0.1) is 0 Å². The molecule has 1 nitrogen and oxygen atoms in total. The van der Waals surface area contributed by atoms with Gasteiger partial charge in [0.1, 0.15) is 0 Å². The van der Waals surface area contributed by atoms with Gasteiger partial charge in [-0.1, -0.05) is 6.42 Å². The first-order chi connectivity index (χ1) is 5.84. The van der Waals surface area contributed by atoms with E-state index in [2.05, 4.69) is 11.9 Å². The molecule has 2 saturated carbocycles. The minimum Gasteiger partial charge on any atom is -0.303 e. The van der Waals surface area contributed by atoms with Gasteiger partial charge in [0.05, 0.1) is 0 Å². The van der Waals surface area contributed by atoms with Crippen molar-refractivity contribution in [1.29, 1.82) is 0 Å². The zero-order valence-corrected chi connectivity index (χ0v) is 8.00. The van der Waals surface area contributed by atoms with Crippen molar-refractivity contribution >= 4 is 0 Å². The maximum atomic E-state index is 2.64. The minimum absolute atomic E-state index is 0.990. The molecule has 1 heterocycles. The molecule has 0 aromatic heterocycles. The molecule has 12 heavy (non-hydrogen) atoms. The quantitative estimate of drug-likeness (QED) is 0.531. The molecule has 0 aromatic rings. The lowest BCUT2D eigenvalue weighted by Crippen LogP contribution is -2.38. The molecular formula is C11H19N. The van der Waals surface area contributed by atoms with E-state index in [1.165, 1.54) is 19.4 Å². The average Bonchev–Trinajstić information content (AvgIpc) is 2.59. The van der Waals surface area contributed by atoms with Gasteiger partial charge in [0.15, 0.2) is 0 Å². The van der Waals surface area contributed by atoms with E-state index in [1.54, 1.807) is 19.3 Å². The molecular weight excluding hydrogens is 146 g/mol. The van der Waals surface area contributed by atoms with Gasteiger partial charge in [0.25, 0.3) is 0 Å². The highest BCUT2D eigenvalue weighted by Gasteiger charge is 2.45. The lowest BCUT2D eigenvalue weighted by Gasteiger charge is -2.35. The van der Waals surface area contributed by atoms with Crippen molar-refractivity contribution < 1.29 is 0 Å². The van der Waals surface area contributed by atoms with Gasteiger partial charge in [0.2, 0.25) is 0 Å². The zero-order chi connectivity index (χ0) is 8.13. The van der Waals surface area contributed by atoms with Gasteiger partial charge in [-0.05, 0) is 57.0 Å². The Morgan fingerprint density at radius 3 is 2.58 bits per heavy atom. The second-order valence-corrected chi connectivity index (χ2v) is 5.19. The maximum Gasteiger partial charge on any atom is 0.0149 e. The zero-order valence-electron chi connectivity index (χ0n) is 8.00. The summed E-state index contributed by atoms with van der Waals surface area (Å²) in [6.45, 7) is 1.37. The first kappa shape index (κ1) is 7.37. The Hall–Kier alpha value is -0.0400. The van der Waals surface area contributed by atoms with Crippen molar-refractivity contribution in [3.63, 3.8) is 0 Å². The topological polar surface area (TPSA) is 3.24 Å². The second-order valence-electron chi connectivity index (χ2n) is 5.19. The van der Waals surface area contributed by atoms with Crippen LogP contribution in [0.5, 0.6) is 0 Å². The number of likely N-dealkylation sites (tertiary alicyclic amines) is 1. The Morgan fingerprint density at radius 2 is 1.75 bits per heavy atom. The van der Waals surface area contributed by atoms with Gasteiger partial charge in [-0.25, -0.2) is 0 Å². The Kier molecular flexibility index (Phi) is 1.52. The van der Waals surface area contributed by atoms with E-state index in [4.69, 9.17) is 0 Å². The highest BCUT2D eigenvalue weighted by atomic mass is 15.2. The van der Waals surface area contributed by atoms with Crippen LogP contribution < -0.4 is 0 Å². The predicted octanol–water partition coefficient (Wildman–Crippen LogP) is 2.13. The van der Waals surface area contributed by atoms with E-state index < -0.39 is 0 Å². The smallest absolute Gasteiger partial charge is 0.0149 e. The van der Waals surface area contributed by atoms with E-state index in [0.29, 0.717) is 0 Å². The standard InChI is InChI=1S/C11H19N/c1-12-5-4-10-7-8-2-3-9(6-8)11(10)12/h8-11H,2-7H2,1H3. The normalized spacial score (nSPS) is 52.8. The third-order valence-corrected chi connectivity index (χ3v) is 4.55. The number of nitrogens with zero attached hydrogens (tertiary/aromatic N) is 1. The Balaban J connectivity index is 1.86. The fraction of sp³-hybridized carbons (Fsp3) is 1.00. The molecule has 1 aliphatic heterocycles. The number of rotatable bonds is 0. The van der Waals surface area contributed by atoms with Crippen molar-refractivity contribution in [1.82, 2.24) is 4.90 Å². The third kappa shape index (κ3) is 0.891. The van der Waals surface area contributed by atoms with Gasteiger partial charge in [-0.2, -0.15) is 0 Å². The van der Waals surface area contributed by atoms with Crippen LogP contribution in [0.15, 0.2) is 0 Å². The Bertz CT molecular complexity index is 185. The van der Waals surface area contributed by atoms with Gasteiger partial charge < -0.3 is 4.90 Å². The van der Waals surface area contributed by atoms with Crippen molar-refractivity contribution in [3.05, 3.63) is 0 Å². The number of hydrogen-bond donors (Lipinski definition) is 0. The summed E-state index contributed by atoms with van der Waals surface area (Å²) in [6, 6.07) is 0.990. The molecule has 3 rings (SSSR count). The van der Waals surface area contributed by atoms with Crippen LogP contribution >= 0.6 is 0 Å². The SMILES string of the molecule is CN1CCC2CC3CCC(C3)C21. The van der Waals surface area contributed by atoms with Crippen LogP contribution in [0.4, 0.5) is 0 Å². The summed E-state index contributed by atoms with van der Waals surface area (Å²) in [5.74, 6) is 3.30. The highest BCUT2D eigenvalue weighted by Crippen LogP contribution is 2.49. The maximum absolute atomic E-state index is 2.64. The molecule has 0 spiro atoms. The van der Waals surface area contributed by atoms with Crippen LogP contribution in [0.25, 0.3) is 0 Å². The summed E-state index contributed by atoms with van der Waals surface area (Å²) in [7, 11) is 2.34. The lowest BCUT2D eigenvalue weighted by molar-refractivity contribution is 0.147. The molecule has 4 unspecified atom stereocenters. The molecule has 4 atom stereocenters. The number of hydrogen-bond acceptors (Lipinski definition) is 1. The average molecular weight is 165 g/mol. The first-order valence-electron chi connectivity index (χ1n) is 5.55. The molecule has 1 heteroatoms. The van der Waals surface area contributed by atoms with Crippen LogP contribution in [0.2, 0.25) is 0 Å². The summed E-state index contributed by atoms with van der Waals surface area (Å²) in [5.41, 5.74) is 0. The predicted molar refractivity (Wildman–Crippen MR) is 50.0 cm³/mol. The second kappa shape index (κ2) is 2.47. The van der Waals surface area contributed by atoms with E-state index in [9.17, 15) is 0 Å². The van der Waals surface area contributed by atoms with Crippen molar-refractivity contribution in [2.75, 3.05) is 13.6 Å². The van der Waals surface area contributed by atoms with Gasteiger partial charge >= 0.3 is 0 Å². The Labute approximate surface area is 75.1 Å².